The maximum Gasteiger partial charge on any atom is 0.201 e. The zero-order valence-corrected chi connectivity index (χ0v) is 17.4. The van der Waals surface area contributed by atoms with Crippen molar-refractivity contribution in [2.45, 2.75) is 76.7 Å². The standard InChI is InChI=1S/C19H30O3S2/c1-12-13(10-8-9-11-14(12)20)15(16(21)23-18(2,3)4)17(22)24-19(5,6)7/h13,15H,1,8-11H2,2-7H3/t13-/m1/s1. The minimum absolute atomic E-state index is 0.00428. The van der Waals surface area contributed by atoms with Gasteiger partial charge in [0.15, 0.2) is 5.78 Å². The lowest BCUT2D eigenvalue weighted by Crippen LogP contribution is -2.34. The molecular formula is C19H30O3S2. The molecule has 0 saturated heterocycles. The van der Waals surface area contributed by atoms with E-state index in [0.717, 1.165) is 12.8 Å². The highest BCUT2D eigenvalue weighted by Gasteiger charge is 2.41. The van der Waals surface area contributed by atoms with Crippen LogP contribution in [0.15, 0.2) is 12.2 Å². The predicted molar refractivity (Wildman–Crippen MR) is 104 cm³/mol. The van der Waals surface area contributed by atoms with Crippen LogP contribution >= 0.6 is 23.5 Å². The van der Waals surface area contributed by atoms with Crippen LogP contribution in [-0.2, 0) is 14.4 Å². The van der Waals surface area contributed by atoms with Crippen LogP contribution in [0.3, 0.4) is 0 Å². The number of rotatable bonds is 3. The molecule has 1 atom stereocenters. The number of thioether (sulfide) groups is 2. The topological polar surface area (TPSA) is 51.2 Å². The molecule has 0 unspecified atom stereocenters. The highest BCUT2D eigenvalue weighted by molar-refractivity contribution is 8.16. The summed E-state index contributed by atoms with van der Waals surface area (Å²) in [6, 6.07) is 0. The molecule has 0 amide bonds. The largest absolute Gasteiger partial charge is 0.295 e. The van der Waals surface area contributed by atoms with Gasteiger partial charge >= 0.3 is 0 Å². The third kappa shape index (κ3) is 6.75. The molecule has 1 rings (SSSR count). The summed E-state index contributed by atoms with van der Waals surface area (Å²) in [5, 5.41) is -0.268. The Morgan fingerprint density at radius 1 is 1.00 bits per heavy atom. The molecule has 0 aromatic heterocycles. The first-order valence-corrected chi connectivity index (χ1v) is 10.1. The first kappa shape index (κ1) is 21.5. The number of allylic oxidation sites excluding steroid dienone is 1. The molecule has 0 heterocycles. The van der Waals surface area contributed by atoms with Crippen molar-refractivity contribution in [1.82, 2.24) is 0 Å². The van der Waals surface area contributed by atoms with Gasteiger partial charge in [0.05, 0.1) is 0 Å². The third-order valence-electron chi connectivity index (χ3n) is 3.70. The molecule has 3 nitrogen and oxygen atoms in total. The monoisotopic (exact) mass is 370 g/mol. The summed E-state index contributed by atoms with van der Waals surface area (Å²) in [6.07, 6.45) is 2.82. The van der Waals surface area contributed by atoms with Gasteiger partial charge < -0.3 is 0 Å². The van der Waals surface area contributed by atoms with Crippen LogP contribution < -0.4 is 0 Å². The minimum Gasteiger partial charge on any atom is -0.295 e. The summed E-state index contributed by atoms with van der Waals surface area (Å²) in [4.78, 5) is 38.1. The highest BCUT2D eigenvalue weighted by atomic mass is 32.2. The first-order valence-electron chi connectivity index (χ1n) is 8.49. The molecule has 5 heteroatoms. The fourth-order valence-corrected chi connectivity index (χ4v) is 4.79. The number of hydrogen-bond donors (Lipinski definition) is 0. The lowest BCUT2D eigenvalue weighted by Gasteiger charge is -2.29. The highest BCUT2D eigenvalue weighted by Crippen LogP contribution is 2.40. The fourth-order valence-electron chi connectivity index (χ4n) is 2.71. The summed E-state index contributed by atoms with van der Waals surface area (Å²) >= 11 is 2.39. The molecule has 1 aliphatic carbocycles. The molecule has 1 saturated carbocycles. The van der Waals surface area contributed by atoms with Gasteiger partial charge in [-0.05, 0) is 18.4 Å². The maximum atomic E-state index is 12.9. The quantitative estimate of drug-likeness (QED) is 0.396. The van der Waals surface area contributed by atoms with Crippen LogP contribution in [0.5, 0.6) is 0 Å². The van der Waals surface area contributed by atoms with Crippen molar-refractivity contribution in [2.75, 3.05) is 0 Å². The Kier molecular flexibility index (Phi) is 7.36. The lowest BCUT2D eigenvalue weighted by molar-refractivity contribution is -0.124. The Bertz CT molecular complexity index is 496. The summed E-state index contributed by atoms with van der Waals surface area (Å²) < 4.78 is -0.532. The molecular weight excluding hydrogens is 340 g/mol. The van der Waals surface area contributed by atoms with Crippen LogP contribution in [0.1, 0.15) is 67.2 Å². The zero-order valence-electron chi connectivity index (χ0n) is 15.7. The normalized spacial score (nSPS) is 20.2. The molecule has 0 spiro atoms. The van der Waals surface area contributed by atoms with Crippen molar-refractivity contribution >= 4 is 39.5 Å². The summed E-state index contributed by atoms with van der Waals surface area (Å²) in [6.45, 7) is 15.7. The zero-order chi connectivity index (χ0) is 18.7. The van der Waals surface area contributed by atoms with E-state index in [2.05, 4.69) is 6.58 Å². The van der Waals surface area contributed by atoms with Gasteiger partial charge in [0.2, 0.25) is 10.2 Å². The van der Waals surface area contributed by atoms with Gasteiger partial charge in [-0.15, -0.1) is 0 Å². The average Bonchev–Trinajstić information content (AvgIpc) is 2.50. The number of carbonyl (C=O) groups excluding carboxylic acids is 3. The predicted octanol–water partition coefficient (Wildman–Crippen LogP) is 5.03. The van der Waals surface area contributed by atoms with Crippen molar-refractivity contribution in [2.24, 2.45) is 11.8 Å². The van der Waals surface area contributed by atoms with Gasteiger partial charge in [0.25, 0.3) is 0 Å². The number of ketones is 1. The second-order valence-electron chi connectivity index (χ2n) is 8.35. The summed E-state index contributed by atoms with van der Waals surface area (Å²) in [5.41, 5.74) is 0.461. The Morgan fingerprint density at radius 2 is 1.46 bits per heavy atom. The number of hydrogen-bond acceptors (Lipinski definition) is 5. The van der Waals surface area contributed by atoms with Gasteiger partial charge in [-0.25, -0.2) is 0 Å². The molecule has 24 heavy (non-hydrogen) atoms. The molecule has 136 valence electrons. The van der Waals surface area contributed by atoms with Gasteiger partial charge in [0.1, 0.15) is 5.92 Å². The Balaban J connectivity index is 3.16. The van der Waals surface area contributed by atoms with Gasteiger partial charge in [-0.1, -0.05) is 78.1 Å². The van der Waals surface area contributed by atoms with E-state index in [4.69, 9.17) is 0 Å². The van der Waals surface area contributed by atoms with Crippen LogP contribution in [-0.4, -0.2) is 25.5 Å². The van der Waals surface area contributed by atoms with Crippen molar-refractivity contribution in [3.05, 3.63) is 12.2 Å². The van der Waals surface area contributed by atoms with E-state index in [0.29, 0.717) is 18.4 Å². The van der Waals surface area contributed by atoms with Crippen molar-refractivity contribution < 1.29 is 14.4 Å². The maximum absolute atomic E-state index is 12.9. The van der Waals surface area contributed by atoms with Crippen molar-refractivity contribution in [1.29, 1.82) is 0 Å². The lowest BCUT2D eigenvalue weighted by atomic mass is 9.84. The van der Waals surface area contributed by atoms with E-state index in [1.54, 1.807) is 0 Å². The second-order valence-corrected chi connectivity index (χ2v) is 12.0. The van der Waals surface area contributed by atoms with E-state index in [1.165, 1.54) is 23.5 Å². The van der Waals surface area contributed by atoms with Crippen molar-refractivity contribution in [3.63, 3.8) is 0 Å². The molecule has 0 aromatic rings. The van der Waals surface area contributed by atoms with Gasteiger partial charge in [-0.3, -0.25) is 14.4 Å². The molecule has 0 radical (unpaired) electrons. The fraction of sp³-hybridized carbons (Fsp3) is 0.737. The minimum atomic E-state index is -0.784. The summed E-state index contributed by atoms with van der Waals surface area (Å²) in [5.74, 6) is -1.14. The molecule has 1 aliphatic rings. The second kappa shape index (κ2) is 8.22. The van der Waals surface area contributed by atoms with E-state index >= 15 is 0 Å². The smallest absolute Gasteiger partial charge is 0.201 e. The molecule has 0 aromatic carbocycles. The van der Waals surface area contributed by atoms with E-state index in [1.807, 2.05) is 41.5 Å². The molecule has 0 bridgehead atoms. The van der Waals surface area contributed by atoms with Gasteiger partial charge in [-0.2, -0.15) is 0 Å². The SMILES string of the molecule is C=C1C(=O)CCCC[C@H]1C(C(=O)SC(C)(C)C)C(=O)SC(C)(C)C. The van der Waals surface area contributed by atoms with E-state index in [-0.39, 0.29) is 31.4 Å². The van der Waals surface area contributed by atoms with E-state index in [9.17, 15) is 14.4 Å². The number of Topliss-reactive ketones (excluding diaryl/α,β-unsaturated/α-hetero) is 1. The van der Waals surface area contributed by atoms with Crippen LogP contribution in [0.2, 0.25) is 0 Å². The number of carbonyl (C=O) groups is 3. The van der Waals surface area contributed by atoms with E-state index < -0.39 is 5.92 Å². The summed E-state index contributed by atoms with van der Waals surface area (Å²) in [7, 11) is 0. The first-order chi connectivity index (χ1) is 10.8. The Labute approximate surface area is 154 Å². The molecule has 1 fully saturated rings. The Hall–Kier alpha value is -0.550. The van der Waals surface area contributed by atoms with Crippen LogP contribution in [0.25, 0.3) is 0 Å². The average molecular weight is 371 g/mol. The molecule has 0 N–H and O–H groups in total. The molecule has 0 aliphatic heterocycles. The van der Waals surface area contributed by atoms with Crippen LogP contribution in [0, 0.1) is 11.8 Å². The third-order valence-corrected chi connectivity index (χ3v) is 5.83. The van der Waals surface area contributed by atoms with Crippen LogP contribution in [0.4, 0.5) is 0 Å². The Morgan fingerprint density at radius 3 is 1.88 bits per heavy atom. The van der Waals surface area contributed by atoms with Gasteiger partial charge in [0, 0.05) is 21.8 Å². The van der Waals surface area contributed by atoms with Crippen molar-refractivity contribution in [3.8, 4) is 0 Å².